The van der Waals surface area contributed by atoms with Crippen LogP contribution in [0.2, 0.25) is 0 Å². The predicted molar refractivity (Wildman–Crippen MR) is 477 cm³/mol. The van der Waals surface area contributed by atoms with Crippen LogP contribution in [-0.2, 0) is 0 Å². The predicted octanol–water partition coefficient (Wildman–Crippen LogP) is 27.8. The number of para-hydroxylation sites is 2. The van der Waals surface area contributed by atoms with Gasteiger partial charge >= 0.3 is 0 Å². The van der Waals surface area contributed by atoms with E-state index in [2.05, 4.69) is 355 Å². The van der Waals surface area contributed by atoms with Gasteiger partial charge in [-0.2, -0.15) is 0 Å². The molecule has 116 heavy (non-hydrogen) atoms. The van der Waals surface area contributed by atoms with Crippen molar-refractivity contribution in [3.05, 3.63) is 364 Å². The molecule has 10 heteroatoms. The fourth-order valence-corrected chi connectivity index (χ4v) is 18.4. The third-order valence-corrected chi connectivity index (χ3v) is 23.8. The second-order valence-electron chi connectivity index (χ2n) is 30.4. The molecule has 536 valence electrons. The summed E-state index contributed by atoms with van der Waals surface area (Å²) in [6, 6.07) is 130. The van der Waals surface area contributed by atoms with Crippen molar-refractivity contribution < 1.29 is 8.83 Å². The standard InChI is InChI=1S/C106H60N8O2/c1-2-24-65(25-3-1)101-107-102(110-105(109-101)83-49-51-93-95(82-48-46-64-23-13-15-33-79(64)99(82)116-93)97(83)113-88-36-18-16-34-80(88)85-56-68-28-8-10-30-70(68)58-90(85)113)77-45-41-72-52-74(42-40-73(72)55-77)84-60-87(106-111-103(75-43-38-61-20-4-6-26-66(61)53-75)108-104(112-106)76-44-39-62-21-5-7-27-67(62)54-76)98(96-81-35-17-19-37-92(81)115-100(84)96)114-89-50-47-63-22-12-14-32-78(63)94(89)86-57-69-29-9-11-31-71(69)59-91(86)114/h1-60H. The fourth-order valence-electron chi connectivity index (χ4n) is 18.4. The molecule has 0 bridgehead atoms. The molecule has 0 unspecified atom stereocenters. The van der Waals surface area contributed by atoms with Crippen LogP contribution in [0.15, 0.2) is 373 Å². The van der Waals surface area contributed by atoms with Crippen LogP contribution in [0.4, 0.5) is 0 Å². The van der Waals surface area contributed by atoms with Crippen LogP contribution in [0, 0.1) is 0 Å². The monoisotopic (exact) mass is 1480 g/mol. The molecule has 0 fully saturated rings. The van der Waals surface area contributed by atoms with Gasteiger partial charge in [0, 0.05) is 76.6 Å². The average Bonchev–Trinajstić information content (AvgIpc) is 1.66. The molecule has 25 rings (SSSR count). The highest BCUT2D eigenvalue weighted by Crippen LogP contribution is 2.51. The van der Waals surface area contributed by atoms with E-state index < -0.39 is 0 Å². The van der Waals surface area contributed by atoms with Crippen molar-refractivity contribution in [3.63, 3.8) is 0 Å². The quantitative estimate of drug-likeness (QED) is 0.140. The second-order valence-corrected chi connectivity index (χ2v) is 30.4. The first kappa shape index (κ1) is 63.9. The lowest BCUT2D eigenvalue weighted by molar-refractivity contribution is 0.670. The van der Waals surface area contributed by atoms with E-state index in [4.69, 9.17) is 38.7 Å². The molecule has 0 atom stereocenters. The van der Waals surface area contributed by atoms with Gasteiger partial charge in [0.1, 0.15) is 22.3 Å². The summed E-state index contributed by atoms with van der Waals surface area (Å²) in [5, 5.41) is 23.9. The van der Waals surface area contributed by atoms with Crippen LogP contribution in [-0.4, -0.2) is 39.0 Å². The molecule has 0 saturated heterocycles. The van der Waals surface area contributed by atoms with Crippen molar-refractivity contribution >= 4 is 163 Å². The Labute approximate surface area is 661 Å². The highest BCUT2D eigenvalue weighted by atomic mass is 16.3. The lowest BCUT2D eigenvalue weighted by Crippen LogP contribution is -2.05. The van der Waals surface area contributed by atoms with E-state index in [1.165, 1.54) is 5.39 Å². The normalized spacial score (nSPS) is 12.1. The third-order valence-electron chi connectivity index (χ3n) is 23.8. The lowest BCUT2D eigenvalue weighted by Gasteiger charge is -2.18. The molecular weight excluding hydrogens is 1420 g/mol. The van der Waals surface area contributed by atoms with Crippen molar-refractivity contribution in [2.45, 2.75) is 0 Å². The summed E-state index contributed by atoms with van der Waals surface area (Å²) < 4.78 is 19.4. The maximum Gasteiger partial charge on any atom is 0.166 e. The highest BCUT2D eigenvalue weighted by molar-refractivity contribution is 6.27. The van der Waals surface area contributed by atoms with Gasteiger partial charge in [0.05, 0.1) is 44.2 Å². The minimum absolute atomic E-state index is 0.505. The number of furan rings is 2. The first-order valence-electron chi connectivity index (χ1n) is 39.2. The van der Waals surface area contributed by atoms with E-state index >= 15 is 0 Å². The molecule has 0 aliphatic heterocycles. The van der Waals surface area contributed by atoms with Gasteiger partial charge in [-0.05, 0) is 167 Å². The van der Waals surface area contributed by atoms with E-state index in [-0.39, 0.29) is 0 Å². The Morgan fingerprint density at radius 2 is 0.603 bits per heavy atom. The van der Waals surface area contributed by atoms with Crippen molar-refractivity contribution in [3.8, 4) is 90.8 Å². The summed E-state index contributed by atoms with van der Waals surface area (Å²) in [7, 11) is 0. The van der Waals surface area contributed by atoms with Crippen LogP contribution in [0.25, 0.3) is 254 Å². The molecule has 6 aromatic heterocycles. The molecule has 0 radical (unpaired) electrons. The van der Waals surface area contributed by atoms with Crippen LogP contribution in [0.3, 0.4) is 0 Å². The zero-order chi connectivity index (χ0) is 75.8. The number of rotatable bonds is 9. The van der Waals surface area contributed by atoms with Gasteiger partial charge in [-0.3, -0.25) is 0 Å². The van der Waals surface area contributed by atoms with Gasteiger partial charge in [-0.1, -0.05) is 273 Å². The molecule has 0 aliphatic carbocycles. The molecule has 0 spiro atoms. The summed E-state index contributed by atoms with van der Waals surface area (Å²) in [4.78, 5) is 33.5. The van der Waals surface area contributed by atoms with Gasteiger partial charge < -0.3 is 18.0 Å². The minimum Gasteiger partial charge on any atom is -0.455 e. The van der Waals surface area contributed by atoms with E-state index in [1.54, 1.807) is 0 Å². The Morgan fingerprint density at radius 1 is 0.181 bits per heavy atom. The lowest BCUT2D eigenvalue weighted by atomic mass is 9.94. The van der Waals surface area contributed by atoms with Crippen LogP contribution >= 0.6 is 0 Å². The number of hydrogen-bond acceptors (Lipinski definition) is 8. The minimum atomic E-state index is 0.505. The number of hydrogen-bond donors (Lipinski definition) is 0. The molecule has 25 aromatic rings. The zero-order valence-corrected chi connectivity index (χ0v) is 62.0. The van der Waals surface area contributed by atoms with Gasteiger partial charge in [0.2, 0.25) is 0 Å². The molecule has 0 aliphatic rings. The Hall–Kier alpha value is -15.8. The first-order chi connectivity index (χ1) is 57.4. The SMILES string of the molecule is c1ccc(-c2nc(-c3ccc4cc(-c5cc(-c6nc(-c7ccc8ccccc8c7)nc(-c7ccc8ccccc8c7)n6)c(-n6c7cc8ccccc8cc7c7c8ccccc8ccc76)c6c5oc5ccccc56)ccc4c3)nc(-c3ccc4oc5c6ccccc6ccc5c4c3-n3c4ccccc4c4cc5ccccc5cc43)n2)cc1. The Balaban J connectivity index is 0.725. The van der Waals surface area contributed by atoms with Gasteiger partial charge in [0.15, 0.2) is 34.9 Å². The number of fused-ring (bicyclic) bond motifs is 21. The summed E-state index contributed by atoms with van der Waals surface area (Å²) in [6.07, 6.45) is 0. The zero-order valence-electron chi connectivity index (χ0n) is 62.0. The third kappa shape index (κ3) is 9.84. The van der Waals surface area contributed by atoms with E-state index in [0.29, 0.717) is 34.9 Å². The first-order valence-corrected chi connectivity index (χ1v) is 39.2. The maximum atomic E-state index is 7.44. The van der Waals surface area contributed by atoms with Gasteiger partial charge in [-0.15, -0.1) is 0 Å². The largest absolute Gasteiger partial charge is 0.455 e. The Morgan fingerprint density at radius 3 is 1.25 bits per heavy atom. The average molecular weight is 1480 g/mol. The smallest absolute Gasteiger partial charge is 0.166 e. The maximum absolute atomic E-state index is 7.44. The molecular formula is C106H60N8O2. The summed E-state index contributed by atoms with van der Waals surface area (Å²) in [5.41, 5.74) is 15.9. The van der Waals surface area contributed by atoms with Crippen LogP contribution in [0.1, 0.15) is 0 Å². The topological polar surface area (TPSA) is 113 Å². The van der Waals surface area contributed by atoms with Crippen molar-refractivity contribution in [2.75, 3.05) is 0 Å². The van der Waals surface area contributed by atoms with Crippen molar-refractivity contribution in [2.24, 2.45) is 0 Å². The van der Waals surface area contributed by atoms with E-state index in [9.17, 15) is 0 Å². The Kier molecular flexibility index (Phi) is 13.7. The highest BCUT2D eigenvalue weighted by Gasteiger charge is 2.31. The van der Waals surface area contributed by atoms with Gasteiger partial charge in [-0.25, -0.2) is 29.9 Å². The molecule has 0 saturated carbocycles. The van der Waals surface area contributed by atoms with Crippen molar-refractivity contribution in [1.29, 1.82) is 0 Å². The second kappa shape index (κ2) is 24.9. The van der Waals surface area contributed by atoms with Gasteiger partial charge in [0.25, 0.3) is 0 Å². The number of nitrogens with zero attached hydrogens (tertiary/aromatic N) is 8. The van der Waals surface area contributed by atoms with E-state index in [0.717, 1.165) is 213 Å². The number of benzene rings is 19. The molecule has 0 amide bonds. The fraction of sp³-hybridized carbons (Fsp3) is 0. The Bertz CT molecular complexity index is 8470. The number of aromatic nitrogens is 8. The van der Waals surface area contributed by atoms with Crippen LogP contribution < -0.4 is 0 Å². The molecule has 0 N–H and O–H groups in total. The summed E-state index contributed by atoms with van der Waals surface area (Å²) >= 11 is 0. The van der Waals surface area contributed by atoms with Crippen molar-refractivity contribution in [1.82, 2.24) is 39.0 Å². The summed E-state index contributed by atoms with van der Waals surface area (Å²) in [5.74, 6) is 3.20. The molecule has 10 nitrogen and oxygen atoms in total. The molecule has 6 heterocycles. The molecule has 19 aromatic carbocycles. The summed E-state index contributed by atoms with van der Waals surface area (Å²) in [6.45, 7) is 0. The van der Waals surface area contributed by atoms with Crippen LogP contribution in [0.5, 0.6) is 0 Å². The van der Waals surface area contributed by atoms with E-state index in [1.807, 2.05) is 18.2 Å².